The van der Waals surface area contributed by atoms with Crippen LogP contribution in [0, 0.1) is 6.92 Å². The molecule has 0 radical (unpaired) electrons. The van der Waals surface area contributed by atoms with Gasteiger partial charge in [-0.2, -0.15) is 0 Å². The molecule has 2 aromatic heterocycles. The van der Waals surface area contributed by atoms with Gasteiger partial charge in [0.05, 0.1) is 5.54 Å². The lowest BCUT2D eigenvalue weighted by Gasteiger charge is -2.33. The number of hydrogen-bond donors (Lipinski definition) is 1. The number of nitrogens with zero attached hydrogens (tertiary/aromatic N) is 5. The Kier molecular flexibility index (Phi) is 7.20. The molecule has 7 heteroatoms. The standard InChI is InChI=1S/C31H34N6O/c1-22-15-16-27-25(19-22)20-26(30(38)32-27)28(29-33-34-35-37(29)31(2,3)4)36(21-24-13-9-6-10-14-24)18-17-23-11-7-5-8-12-23/h5-16,19-20,28H,17-18,21H2,1-4H3,(H,32,38)/t28-/m0/s1. The van der Waals surface area contributed by atoms with Crippen LogP contribution in [0.2, 0.25) is 0 Å². The van der Waals surface area contributed by atoms with Crippen molar-refractivity contribution in [1.29, 1.82) is 0 Å². The summed E-state index contributed by atoms with van der Waals surface area (Å²) < 4.78 is 1.85. The smallest absolute Gasteiger partial charge is 0.253 e. The summed E-state index contributed by atoms with van der Waals surface area (Å²) in [5.74, 6) is 0.652. The molecule has 0 saturated carbocycles. The first-order valence-electron chi connectivity index (χ1n) is 13.0. The van der Waals surface area contributed by atoms with E-state index in [0.717, 1.165) is 28.5 Å². The van der Waals surface area contributed by atoms with E-state index in [1.54, 1.807) is 0 Å². The maximum absolute atomic E-state index is 13.7. The van der Waals surface area contributed by atoms with Crippen LogP contribution in [0.3, 0.4) is 0 Å². The Hall–Kier alpha value is -4.10. The number of hydrogen-bond acceptors (Lipinski definition) is 5. The van der Waals surface area contributed by atoms with E-state index < -0.39 is 6.04 Å². The fourth-order valence-electron chi connectivity index (χ4n) is 4.92. The zero-order valence-electron chi connectivity index (χ0n) is 22.4. The molecule has 0 fully saturated rings. The maximum atomic E-state index is 13.7. The van der Waals surface area contributed by atoms with Gasteiger partial charge in [0, 0.05) is 24.2 Å². The summed E-state index contributed by atoms with van der Waals surface area (Å²) in [6.07, 6.45) is 0.825. The van der Waals surface area contributed by atoms with E-state index in [0.29, 0.717) is 24.5 Å². The molecule has 2 heterocycles. The van der Waals surface area contributed by atoms with Crippen molar-refractivity contribution in [2.45, 2.75) is 52.2 Å². The first-order chi connectivity index (χ1) is 18.3. The van der Waals surface area contributed by atoms with Gasteiger partial charge in [0.2, 0.25) is 0 Å². The quantitative estimate of drug-likeness (QED) is 0.304. The van der Waals surface area contributed by atoms with Crippen molar-refractivity contribution >= 4 is 10.9 Å². The van der Waals surface area contributed by atoms with Crippen molar-refractivity contribution in [2.24, 2.45) is 0 Å². The molecular weight excluding hydrogens is 472 g/mol. The zero-order chi connectivity index (χ0) is 26.7. The van der Waals surface area contributed by atoms with Gasteiger partial charge in [-0.25, -0.2) is 4.68 Å². The molecule has 0 amide bonds. The van der Waals surface area contributed by atoms with Gasteiger partial charge in [-0.1, -0.05) is 72.3 Å². The first-order valence-corrected chi connectivity index (χ1v) is 13.0. The number of rotatable bonds is 8. The number of nitrogens with one attached hydrogen (secondary N) is 1. The van der Waals surface area contributed by atoms with Gasteiger partial charge in [0.15, 0.2) is 5.82 Å². The van der Waals surface area contributed by atoms with Crippen molar-refractivity contribution in [1.82, 2.24) is 30.1 Å². The Labute approximate surface area is 223 Å². The average molecular weight is 507 g/mol. The number of H-pyrrole nitrogens is 1. The van der Waals surface area contributed by atoms with Gasteiger partial charge < -0.3 is 4.98 Å². The topological polar surface area (TPSA) is 79.7 Å². The minimum atomic E-state index is -0.457. The highest BCUT2D eigenvalue weighted by Crippen LogP contribution is 2.31. The number of benzene rings is 3. The lowest BCUT2D eigenvalue weighted by atomic mass is 9.99. The Morgan fingerprint density at radius 2 is 1.61 bits per heavy atom. The number of aryl methyl sites for hydroxylation is 1. The summed E-state index contributed by atoms with van der Waals surface area (Å²) in [4.78, 5) is 19.1. The van der Waals surface area contributed by atoms with Crippen LogP contribution < -0.4 is 5.56 Å². The predicted octanol–water partition coefficient (Wildman–Crippen LogP) is 5.41. The molecule has 0 bridgehead atoms. The van der Waals surface area contributed by atoms with Crippen molar-refractivity contribution in [3.8, 4) is 0 Å². The number of pyridine rings is 1. The Morgan fingerprint density at radius 1 is 0.921 bits per heavy atom. The van der Waals surface area contributed by atoms with Gasteiger partial charge in [-0.15, -0.1) is 5.10 Å². The lowest BCUT2D eigenvalue weighted by Crippen LogP contribution is -2.38. The molecule has 38 heavy (non-hydrogen) atoms. The van der Waals surface area contributed by atoms with Gasteiger partial charge in [-0.3, -0.25) is 9.69 Å². The molecule has 0 saturated heterocycles. The van der Waals surface area contributed by atoms with E-state index in [2.05, 4.69) is 95.6 Å². The van der Waals surface area contributed by atoms with Crippen LogP contribution >= 0.6 is 0 Å². The predicted molar refractivity (Wildman–Crippen MR) is 151 cm³/mol. The molecule has 0 aliphatic carbocycles. The van der Waals surface area contributed by atoms with Crippen LogP contribution in [-0.2, 0) is 18.5 Å². The van der Waals surface area contributed by atoms with Crippen LogP contribution in [0.4, 0.5) is 0 Å². The third kappa shape index (κ3) is 5.58. The van der Waals surface area contributed by atoms with Crippen LogP contribution in [0.1, 0.15) is 54.9 Å². The lowest BCUT2D eigenvalue weighted by molar-refractivity contribution is 0.195. The van der Waals surface area contributed by atoms with Crippen molar-refractivity contribution in [3.63, 3.8) is 0 Å². The van der Waals surface area contributed by atoms with E-state index >= 15 is 0 Å². The molecule has 5 rings (SSSR count). The van der Waals surface area contributed by atoms with Crippen LogP contribution in [0.5, 0.6) is 0 Å². The Morgan fingerprint density at radius 3 is 2.29 bits per heavy atom. The van der Waals surface area contributed by atoms with Crippen LogP contribution in [0.15, 0.2) is 89.7 Å². The van der Waals surface area contributed by atoms with Gasteiger partial charge in [0.1, 0.15) is 6.04 Å². The normalized spacial score (nSPS) is 12.8. The zero-order valence-corrected chi connectivity index (χ0v) is 22.4. The summed E-state index contributed by atoms with van der Waals surface area (Å²) in [7, 11) is 0. The third-order valence-electron chi connectivity index (χ3n) is 6.82. The highest BCUT2D eigenvalue weighted by Gasteiger charge is 2.33. The highest BCUT2D eigenvalue weighted by molar-refractivity contribution is 5.79. The summed E-state index contributed by atoms with van der Waals surface area (Å²) in [5.41, 5.74) is 4.49. The summed E-state index contributed by atoms with van der Waals surface area (Å²) in [5, 5.41) is 13.9. The second kappa shape index (κ2) is 10.7. The summed E-state index contributed by atoms with van der Waals surface area (Å²) in [6, 6.07) is 28.4. The number of aromatic amines is 1. The average Bonchev–Trinajstić information content (AvgIpc) is 3.39. The van der Waals surface area contributed by atoms with Crippen molar-refractivity contribution in [2.75, 3.05) is 6.54 Å². The molecule has 1 N–H and O–H groups in total. The van der Waals surface area contributed by atoms with Crippen molar-refractivity contribution < 1.29 is 0 Å². The maximum Gasteiger partial charge on any atom is 0.253 e. The first kappa shape index (κ1) is 25.5. The van der Waals surface area contributed by atoms with E-state index in [9.17, 15) is 4.79 Å². The molecule has 5 aromatic rings. The fraction of sp³-hybridized carbons (Fsp3) is 0.290. The van der Waals surface area contributed by atoms with Gasteiger partial charge in [-0.05, 0) is 79.3 Å². The molecule has 0 unspecified atom stereocenters. The summed E-state index contributed by atoms with van der Waals surface area (Å²) >= 11 is 0. The largest absolute Gasteiger partial charge is 0.322 e. The second-order valence-corrected chi connectivity index (χ2v) is 10.9. The monoisotopic (exact) mass is 506 g/mol. The van der Waals surface area contributed by atoms with E-state index in [1.807, 2.05) is 47.1 Å². The molecule has 1 atom stereocenters. The van der Waals surface area contributed by atoms with E-state index in [4.69, 9.17) is 0 Å². The van der Waals surface area contributed by atoms with Gasteiger partial charge in [0.25, 0.3) is 5.56 Å². The minimum Gasteiger partial charge on any atom is -0.322 e. The Balaban J connectivity index is 1.68. The van der Waals surface area contributed by atoms with E-state index in [1.165, 1.54) is 5.56 Å². The SMILES string of the molecule is Cc1ccc2[nH]c(=O)c([C@@H](c3nnnn3C(C)(C)C)N(CCc3ccccc3)Cc3ccccc3)cc2c1. The van der Waals surface area contributed by atoms with Crippen LogP contribution in [0.25, 0.3) is 10.9 Å². The molecule has 0 aliphatic rings. The van der Waals surface area contributed by atoms with Gasteiger partial charge >= 0.3 is 0 Å². The number of fused-ring (bicyclic) bond motifs is 1. The molecule has 0 spiro atoms. The third-order valence-corrected chi connectivity index (χ3v) is 6.82. The molecule has 0 aliphatic heterocycles. The number of aromatic nitrogens is 5. The van der Waals surface area contributed by atoms with Crippen molar-refractivity contribution in [3.05, 3.63) is 123 Å². The Bertz CT molecular complexity index is 1570. The number of tetrazole rings is 1. The highest BCUT2D eigenvalue weighted by atomic mass is 16.1. The molecule has 7 nitrogen and oxygen atoms in total. The molecule has 194 valence electrons. The second-order valence-electron chi connectivity index (χ2n) is 10.9. The molecule has 3 aromatic carbocycles. The fourth-order valence-corrected chi connectivity index (χ4v) is 4.92. The van der Waals surface area contributed by atoms with Crippen LogP contribution in [-0.4, -0.2) is 36.6 Å². The minimum absolute atomic E-state index is 0.132. The van der Waals surface area contributed by atoms with E-state index in [-0.39, 0.29) is 11.1 Å². The molecular formula is C31H34N6O. The summed E-state index contributed by atoms with van der Waals surface area (Å²) in [6.45, 7) is 9.63.